The summed E-state index contributed by atoms with van der Waals surface area (Å²) in [6, 6.07) is 24.7. The quantitative estimate of drug-likeness (QED) is 0.115. The molecule has 0 atom stereocenters. The molecule has 0 bridgehead atoms. The Balaban J connectivity index is 2.27. The fourth-order valence-electron chi connectivity index (χ4n) is 5.54. The molecule has 5 aromatic carbocycles. The molecular weight excluding hydrogens is 417 g/mol. The lowest BCUT2D eigenvalue weighted by molar-refractivity contribution is 1.72. The van der Waals surface area contributed by atoms with Crippen molar-refractivity contribution >= 4 is 69.6 Å². The number of terminal acetylenes is 1. The molecule has 2 heteroatoms. The average molecular weight is 447 g/mol. The molecule has 5 rings (SSSR count). The smallest absolute Gasteiger partial charge is 0.0792 e. The zero-order valence-electron chi connectivity index (χ0n) is 19.9. The van der Waals surface area contributed by atoms with Gasteiger partial charge >= 0.3 is 0 Å². The Morgan fingerprint density at radius 2 is 1.12 bits per heavy atom. The first-order valence-corrected chi connectivity index (χ1v) is 18.4. The third kappa shape index (κ3) is 3.04. The summed E-state index contributed by atoms with van der Waals surface area (Å²) < 4.78 is 0. The molecular formula is C30H30Si2. The van der Waals surface area contributed by atoms with Crippen molar-refractivity contribution in [3.8, 4) is 12.3 Å². The van der Waals surface area contributed by atoms with E-state index < -0.39 is 16.1 Å². The summed E-state index contributed by atoms with van der Waals surface area (Å²) in [6.07, 6.45) is 6.05. The van der Waals surface area contributed by atoms with Gasteiger partial charge in [-0.2, -0.15) is 0 Å². The number of benzene rings is 5. The maximum absolute atomic E-state index is 6.05. The summed E-state index contributed by atoms with van der Waals surface area (Å²) in [5.41, 5.74) is 1.01. The number of hydrogen-bond acceptors (Lipinski definition) is 0. The molecule has 0 unspecified atom stereocenters. The maximum atomic E-state index is 6.05. The summed E-state index contributed by atoms with van der Waals surface area (Å²) >= 11 is 0. The fraction of sp³-hybridized carbons (Fsp3) is 0.200. The molecule has 5 aromatic rings. The monoisotopic (exact) mass is 446 g/mol. The minimum atomic E-state index is -1.74. The van der Waals surface area contributed by atoms with Crippen molar-refractivity contribution in [1.82, 2.24) is 0 Å². The maximum Gasteiger partial charge on any atom is 0.0792 e. The molecule has 0 saturated heterocycles. The minimum Gasteiger partial charge on any atom is -0.115 e. The van der Waals surface area contributed by atoms with Gasteiger partial charge < -0.3 is 0 Å². The van der Waals surface area contributed by atoms with Crippen LogP contribution in [0.25, 0.3) is 43.1 Å². The van der Waals surface area contributed by atoms with E-state index in [-0.39, 0.29) is 0 Å². The molecule has 158 valence electrons. The van der Waals surface area contributed by atoms with E-state index in [1.165, 1.54) is 48.3 Å². The van der Waals surface area contributed by atoms with Gasteiger partial charge in [0, 0.05) is 5.56 Å². The van der Waals surface area contributed by atoms with Crippen LogP contribution >= 0.6 is 0 Å². The molecule has 0 heterocycles. The SMILES string of the molecule is C#Cc1cc2c([Si](C)(C)C)c3ccc4ccccc4c3c([Si](C)(C)C)c2c2ccccc12. The van der Waals surface area contributed by atoms with Crippen LogP contribution in [0, 0.1) is 12.3 Å². The zero-order valence-corrected chi connectivity index (χ0v) is 21.9. The molecule has 0 nitrogen and oxygen atoms in total. The van der Waals surface area contributed by atoms with Gasteiger partial charge in [0.2, 0.25) is 0 Å². The van der Waals surface area contributed by atoms with Crippen molar-refractivity contribution < 1.29 is 0 Å². The van der Waals surface area contributed by atoms with Gasteiger partial charge in [-0.15, -0.1) is 6.42 Å². The highest BCUT2D eigenvalue weighted by molar-refractivity contribution is 6.96. The van der Waals surface area contributed by atoms with Crippen molar-refractivity contribution in [2.45, 2.75) is 39.3 Å². The largest absolute Gasteiger partial charge is 0.115 e. The molecule has 0 aliphatic carbocycles. The molecule has 0 spiro atoms. The third-order valence-corrected chi connectivity index (χ3v) is 10.7. The Labute approximate surface area is 193 Å². The van der Waals surface area contributed by atoms with E-state index in [1.54, 1.807) is 5.19 Å². The van der Waals surface area contributed by atoms with Crippen LogP contribution in [0.3, 0.4) is 0 Å². The van der Waals surface area contributed by atoms with Gasteiger partial charge in [0.05, 0.1) is 16.1 Å². The van der Waals surface area contributed by atoms with Crippen LogP contribution in [0.5, 0.6) is 0 Å². The van der Waals surface area contributed by atoms with Crippen LogP contribution in [0.2, 0.25) is 39.3 Å². The van der Waals surface area contributed by atoms with Gasteiger partial charge in [-0.3, -0.25) is 0 Å². The van der Waals surface area contributed by atoms with Gasteiger partial charge in [-0.1, -0.05) is 106 Å². The summed E-state index contributed by atoms with van der Waals surface area (Å²) in [5.74, 6) is 3.00. The molecule has 0 amide bonds. The van der Waals surface area contributed by atoms with Crippen molar-refractivity contribution in [3.05, 3.63) is 72.3 Å². The Morgan fingerprint density at radius 3 is 1.75 bits per heavy atom. The predicted octanol–water partition coefficient (Wildman–Crippen LogP) is 7.37. The van der Waals surface area contributed by atoms with Crippen LogP contribution in [-0.4, -0.2) is 16.1 Å². The van der Waals surface area contributed by atoms with E-state index >= 15 is 0 Å². The van der Waals surface area contributed by atoms with E-state index in [1.807, 2.05) is 0 Å². The molecule has 0 saturated carbocycles. The van der Waals surface area contributed by atoms with Crippen molar-refractivity contribution in [2.24, 2.45) is 0 Å². The van der Waals surface area contributed by atoms with Crippen LogP contribution in [0.15, 0.2) is 66.7 Å². The number of hydrogen-bond donors (Lipinski definition) is 0. The second kappa shape index (κ2) is 7.07. The fourth-order valence-corrected chi connectivity index (χ4v) is 9.60. The topological polar surface area (TPSA) is 0 Å². The highest BCUT2D eigenvalue weighted by Crippen LogP contribution is 2.35. The number of rotatable bonds is 2. The first-order valence-electron chi connectivity index (χ1n) is 11.4. The Morgan fingerprint density at radius 1 is 0.562 bits per heavy atom. The second-order valence-electron chi connectivity index (χ2n) is 11.0. The van der Waals surface area contributed by atoms with Crippen molar-refractivity contribution in [2.75, 3.05) is 0 Å². The summed E-state index contributed by atoms with van der Waals surface area (Å²) in [4.78, 5) is 0. The summed E-state index contributed by atoms with van der Waals surface area (Å²) in [5, 5.41) is 14.1. The molecule has 0 aromatic heterocycles. The molecule has 32 heavy (non-hydrogen) atoms. The second-order valence-corrected chi connectivity index (χ2v) is 21.0. The average Bonchev–Trinajstić information content (AvgIpc) is 2.75. The van der Waals surface area contributed by atoms with Crippen LogP contribution in [0.4, 0.5) is 0 Å². The van der Waals surface area contributed by atoms with Crippen molar-refractivity contribution in [1.29, 1.82) is 0 Å². The predicted molar refractivity (Wildman–Crippen MR) is 150 cm³/mol. The molecule has 0 radical (unpaired) electrons. The normalized spacial score (nSPS) is 12.7. The van der Waals surface area contributed by atoms with Crippen LogP contribution < -0.4 is 10.4 Å². The van der Waals surface area contributed by atoms with Crippen LogP contribution in [0.1, 0.15) is 5.56 Å². The number of fused-ring (bicyclic) bond motifs is 6. The third-order valence-electron chi connectivity index (χ3n) is 6.67. The first-order chi connectivity index (χ1) is 15.1. The highest BCUT2D eigenvalue weighted by atomic mass is 28.3. The molecule has 0 aliphatic rings. The van der Waals surface area contributed by atoms with E-state index in [2.05, 4.69) is 112 Å². The lowest BCUT2D eigenvalue weighted by atomic mass is 9.92. The highest BCUT2D eigenvalue weighted by Gasteiger charge is 2.31. The Hall–Kier alpha value is -2.87. The van der Waals surface area contributed by atoms with Gasteiger partial charge in [0.25, 0.3) is 0 Å². The van der Waals surface area contributed by atoms with E-state index in [9.17, 15) is 0 Å². The van der Waals surface area contributed by atoms with Crippen molar-refractivity contribution in [3.63, 3.8) is 0 Å². The Bertz CT molecular complexity index is 1590. The zero-order chi connectivity index (χ0) is 22.8. The van der Waals surface area contributed by atoms with E-state index in [0.29, 0.717) is 0 Å². The minimum absolute atomic E-state index is 1.01. The van der Waals surface area contributed by atoms with E-state index in [4.69, 9.17) is 6.42 Å². The summed E-state index contributed by atoms with van der Waals surface area (Å²) in [6.45, 7) is 14.9. The lowest BCUT2D eigenvalue weighted by Crippen LogP contribution is -2.44. The molecule has 0 N–H and O–H groups in total. The lowest BCUT2D eigenvalue weighted by Gasteiger charge is -2.30. The molecule has 0 aliphatic heterocycles. The van der Waals surface area contributed by atoms with Gasteiger partial charge in [-0.25, -0.2) is 0 Å². The van der Waals surface area contributed by atoms with E-state index in [0.717, 1.165) is 5.56 Å². The first kappa shape index (κ1) is 21.0. The summed E-state index contributed by atoms with van der Waals surface area (Å²) in [7, 11) is -3.45. The van der Waals surface area contributed by atoms with Crippen LogP contribution in [-0.2, 0) is 0 Å². The Kier molecular flexibility index (Phi) is 4.64. The van der Waals surface area contributed by atoms with Gasteiger partial charge in [0.15, 0.2) is 0 Å². The van der Waals surface area contributed by atoms with Gasteiger partial charge in [-0.05, 0) is 59.5 Å². The standard InChI is InChI=1S/C30H30Si2/c1-8-20-19-26-28(24-16-12-11-14-22(20)24)30(32(5,6)7)27-23-15-10-9-13-21(23)17-18-25(27)29(26)31(2,3)4/h1,9-19H,2-7H3. The van der Waals surface area contributed by atoms with Gasteiger partial charge in [0.1, 0.15) is 0 Å². The molecule has 0 fully saturated rings.